The molecule has 112 valence electrons. The first-order chi connectivity index (χ1) is 9.79. The molecule has 2 aromatic rings. The molecule has 5 heteroatoms. The molecule has 3 nitrogen and oxygen atoms in total. The van der Waals surface area contributed by atoms with Crippen LogP contribution < -0.4 is 4.72 Å². The van der Waals surface area contributed by atoms with E-state index < -0.39 is 10.0 Å². The van der Waals surface area contributed by atoms with Crippen molar-refractivity contribution in [3.05, 3.63) is 63.6 Å². The summed E-state index contributed by atoms with van der Waals surface area (Å²) >= 11 is 3.37. The zero-order valence-electron chi connectivity index (χ0n) is 12.2. The maximum atomic E-state index is 12.5. The molecule has 0 saturated heterocycles. The van der Waals surface area contributed by atoms with Crippen LogP contribution in [0.2, 0.25) is 0 Å². The Balaban J connectivity index is 2.26. The van der Waals surface area contributed by atoms with E-state index in [9.17, 15) is 8.42 Å². The lowest BCUT2D eigenvalue weighted by Gasteiger charge is -2.16. The first-order valence-corrected chi connectivity index (χ1v) is 8.92. The van der Waals surface area contributed by atoms with Crippen molar-refractivity contribution in [2.75, 3.05) is 0 Å². The van der Waals surface area contributed by atoms with Gasteiger partial charge in [0.1, 0.15) is 0 Å². The highest BCUT2D eigenvalue weighted by atomic mass is 79.9. The Morgan fingerprint density at radius 2 is 1.67 bits per heavy atom. The lowest BCUT2D eigenvalue weighted by Crippen LogP contribution is -2.27. The normalized spacial score (nSPS) is 13.1. The summed E-state index contributed by atoms with van der Waals surface area (Å²) < 4.78 is 28.7. The molecule has 0 aliphatic rings. The average Bonchev–Trinajstić information content (AvgIpc) is 2.38. The second-order valence-electron chi connectivity index (χ2n) is 5.16. The van der Waals surface area contributed by atoms with E-state index in [1.54, 1.807) is 6.07 Å². The molecule has 1 N–H and O–H groups in total. The van der Waals surface area contributed by atoms with E-state index in [1.165, 1.54) is 0 Å². The van der Waals surface area contributed by atoms with Crippen molar-refractivity contribution in [2.24, 2.45) is 0 Å². The van der Waals surface area contributed by atoms with Crippen molar-refractivity contribution in [3.63, 3.8) is 0 Å². The minimum atomic E-state index is -3.53. The van der Waals surface area contributed by atoms with Gasteiger partial charge in [-0.2, -0.15) is 0 Å². The Bertz CT molecular complexity index is 739. The van der Waals surface area contributed by atoms with Crippen LogP contribution in [0, 0.1) is 13.8 Å². The molecular formula is C16H18BrNO2S. The van der Waals surface area contributed by atoms with E-state index in [4.69, 9.17) is 0 Å². The van der Waals surface area contributed by atoms with Gasteiger partial charge in [-0.05, 0) is 50.1 Å². The lowest BCUT2D eigenvalue weighted by molar-refractivity contribution is 0.566. The Kier molecular flexibility index (Phi) is 4.86. The molecule has 2 rings (SSSR count). The van der Waals surface area contributed by atoms with E-state index in [0.717, 1.165) is 21.2 Å². The second-order valence-corrected chi connectivity index (χ2v) is 7.76. The van der Waals surface area contributed by atoms with E-state index in [-0.39, 0.29) is 6.04 Å². The third-order valence-corrected chi connectivity index (χ3v) is 5.55. The monoisotopic (exact) mass is 367 g/mol. The highest BCUT2D eigenvalue weighted by Crippen LogP contribution is 2.21. The number of hydrogen-bond donors (Lipinski definition) is 1. The molecule has 0 aromatic heterocycles. The summed E-state index contributed by atoms with van der Waals surface area (Å²) in [6, 6.07) is 12.7. The number of halogens is 1. The molecule has 0 heterocycles. The van der Waals surface area contributed by atoms with Crippen LogP contribution in [0.5, 0.6) is 0 Å². The van der Waals surface area contributed by atoms with Gasteiger partial charge in [0.15, 0.2) is 0 Å². The molecule has 0 fully saturated rings. The van der Waals surface area contributed by atoms with Gasteiger partial charge in [0.2, 0.25) is 10.0 Å². The number of hydrogen-bond acceptors (Lipinski definition) is 2. The number of aryl methyl sites for hydroxylation is 2. The zero-order chi connectivity index (χ0) is 15.6. The standard InChI is InChI=1S/C16H18BrNO2S/c1-11-4-9-16(12(2)10-11)21(19,20)18-13(3)14-5-7-15(17)8-6-14/h4-10,13,18H,1-3H3/t13-/m0/s1. The van der Waals surface area contributed by atoms with Crippen LogP contribution in [0.4, 0.5) is 0 Å². The SMILES string of the molecule is Cc1ccc(S(=O)(=O)N[C@@H](C)c2ccc(Br)cc2)c(C)c1. The fraction of sp³-hybridized carbons (Fsp3) is 0.250. The predicted octanol–water partition coefficient (Wildman–Crippen LogP) is 4.11. The van der Waals surface area contributed by atoms with Gasteiger partial charge >= 0.3 is 0 Å². The maximum absolute atomic E-state index is 12.5. The van der Waals surface area contributed by atoms with E-state index in [0.29, 0.717) is 4.90 Å². The molecule has 21 heavy (non-hydrogen) atoms. The summed E-state index contributed by atoms with van der Waals surface area (Å²) in [4.78, 5) is 0.331. The highest BCUT2D eigenvalue weighted by Gasteiger charge is 2.20. The molecule has 1 atom stereocenters. The average molecular weight is 368 g/mol. The number of benzene rings is 2. The summed E-state index contributed by atoms with van der Waals surface area (Å²) in [6.07, 6.45) is 0. The molecule has 2 aromatic carbocycles. The zero-order valence-corrected chi connectivity index (χ0v) is 14.6. The molecule has 0 aliphatic heterocycles. The lowest BCUT2D eigenvalue weighted by atomic mass is 10.1. The van der Waals surface area contributed by atoms with Crippen LogP contribution in [0.15, 0.2) is 51.8 Å². The van der Waals surface area contributed by atoms with Crippen LogP contribution in [0.25, 0.3) is 0 Å². The molecule has 0 saturated carbocycles. The van der Waals surface area contributed by atoms with Gasteiger partial charge in [0.05, 0.1) is 4.90 Å². The topological polar surface area (TPSA) is 46.2 Å². The molecule has 0 unspecified atom stereocenters. The maximum Gasteiger partial charge on any atom is 0.241 e. The molecular weight excluding hydrogens is 350 g/mol. The number of rotatable bonds is 4. The molecule has 0 radical (unpaired) electrons. The number of sulfonamides is 1. The van der Waals surface area contributed by atoms with Gasteiger partial charge in [-0.3, -0.25) is 0 Å². The summed E-state index contributed by atoms with van der Waals surface area (Å²) in [6.45, 7) is 5.59. The van der Waals surface area contributed by atoms with Crippen molar-refractivity contribution in [1.29, 1.82) is 0 Å². The summed E-state index contributed by atoms with van der Waals surface area (Å²) in [5.41, 5.74) is 2.73. The van der Waals surface area contributed by atoms with E-state index in [1.807, 2.05) is 57.2 Å². The predicted molar refractivity (Wildman–Crippen MR) is 88.8 cm³/mol. The Morgan fingerprint density at radius 1 is 1.05 bits per heavy atom. The third-order valence-electron chi connectivity index (χ3n) is 3.32. The van der Waals surface area contributed by atoms with Crippen molar-refractivity contribution >= 4 is 26.0 Å². The van der Waals surface area contributed by atoms with Gasteiger partial charge in [0, 0.05) is 10.5 Å². The van der Waals surface area contributed by atoms with Crippen molar-refractivity contribution in [2.45, 2.75) is 31.7 Å². The quantitative estimate of drug-likeness (QED) is 0.883. The van der Waals surface area contributed by atoms with Crippen LogP contribution in [-0.4, -0.2) is 8.42 Å². The van der Waals surface area contributed by atoms with Crippen LogP contribution in [0.1, 0.15) is 29.7 Å². The minimum Gasteiger partial charge on any atom is -0.207 e. The molecule has 0 aliphatic carbocycles. The summed E-state index contributed by atoms with van der Waals surface area (Å²) in [7, 11) is -3.53. The van der Waals surface area contributed by atoms with Crippen molar-refractivity contribution < 1.29 is 8.42 Å². The van der Waals surface area contributed by atoms with Gasteiger partial charge in [0.25, 0.3) is 0 Å². The van der Waals surface area contributed by atoms with E-state index in [2.05, 4.69) is 20.7 Å². The first kappa shape index (κ1) is 16.2. The smallest absolute Gasteiger partial charge is 0.207 e. The van der Waals surface area contributed by atoms with Gasteiger partial charge in [-0.25, -0.2) is 13.1 Å². The second kappa shape index (κ2) is 6.30. The van der Waals surface area contributed by atoms with Crippen molar-refractivity contribution in [3.8, 4) is 0 Å². The van der Waals surface area contributed by atoms with E-state index >= 15 is 0 Å². The number of nitrogens with one attached hydrogen (secondary N) is 1. The fourth-order valence-corrected chi connectivity index (χ4v) is 3.94. The fourth-order valence-electron chi connectivity index (χ4n) is 2.22. The molecule has 0 bridgehead atoms. The van der Waals surface area contributed by atoms with Gasteiger partial charge in [-0.1, -0.05) is 45.8 Å². The Hall–Kier alpha value is -1.17. The third kappa shape index (κ3) is 3.93. The molecule has 0 amide bonds. The van der Waals surface area contributed by atoms with Crippen molar-refractivity contribution in [1.82, 2.24) is 4.72 Å². The first-order valence-electron chi connectivity index (χ1n) is 6.64. The highest BCUT2D eigenvalue weighted by molar-refractivity contribution is 9.10. The van der Waals surface area contributed by atoms with Gasteiger partial charge in [-0.15, -0.1) is 0 Å². The Morgan fingerprint density at radius 3 is 2.24 bits per heavy atom. The van der Waals surface area contributed by atoms with Crippen LogP contribution in [-0.2, 0) is 10.0 Å². The minimum absolute atomic E-state index is 0.288. The summed E-state index contributed by atoms with van der Waals surface area (Å²) in [5, 5.41) is 0. The molecule has 0 spiro atoms. The largest absolute Gasteiger partial charge is 0.241 e. The Labute approximate surface area is 134 Å². The summed E-state index contributed by atoms with van der Waals surface area (Å²) in [5.74, 6) is 0. The van der Waals surface area contributed by atoms with Crippen LogP contribution in [0.3, 0.4) is 0 Å². The van der Waals surface area contributed by atoms with Gasteiger partial charge < -0.3 is 0 Å². The van der Waals surface area contributed by atoms with Crippen LogP contribution >= 0.6 is 15.9 Å².